The maximum absolute atomic E-state index is 14.5. The van der Waals surface area contributed by atoms with Gasteiger partial charge in [0.1, 0.15) is 18.3 Å². The molecule has 0 aliphatic heterocycles. The lowest BCUT2D eigenvalue weighted by molar-refractivity contribution is -0.140. The number of ether oxygens (including phenoxy) is 1. The van der Waals surface area contributed by atoms with Gasteiger partial charge in [0.05, 0.1) is 17.7 Å². The number of nitrogens with zero attached hydrogens (tertiary/aromatic N) is 2. The molecule has 1 saturated carbocycles. The molecule has 1 atom stereocenters. The minimum absolute atomic E-state index is 0.0190. The Hall–Kier alpha value is -3.27. The summed E-state index contributed by atoms with van der Waals surface area (Å²) in [6, 6.07) is 15.7. The molecule has 0 spiro atoms. The fourth-order valence-electron chi connectivity index (χ4n) is 5.64. The Labute approximate surface area is 276 Å². The maximum atomic E-state index is 14.5. The van der Waals surface area contributed by atoms with Crippen LogP contribution in [0.3, 0.4) is 0 Å². The summed E-state index contributed by atoms with van der Waals surface area (Å²) in [5, 5.41) is 3.92. The van der Waals surface area contributed by atoms with E-state index in [1.807, 2.05) is 20.8 Å². The second kappa shape index (κ2) is 15.3. The third-order valence-corrected chi connectivity index (χ3v) is 10.5. The quantitative estimate of drug-likeness (QED) is 0.222. The first kappa shape index (κ1) is 34.6. The van der Waals surface area contributed by atoms with Crippen LogP contribution >= 0.6 is 23.2 Å². The van der Waals surface area contributed by atoms with E-state index < -0.39 is 28.5 Å². The fraction of sp³-hybridized carbons (Fsp3) is 0.412. The molecule has 4 rings (SSSR count). The lowest BCUT2D eigenvalue weighted by atomic mass is 9.95. The summed E-state index contributed by atoms with van der Waals surface area (Å²) in [4.78, 5) is 29.7. The molecule has 0 aromatic heterocycles. The number of amides is 2. The molecule has 8 nitrogen and oxygen atoms in total. The van der Waals surface area contributed by atoms with Gasteiger partial charge in [-0.1, -0.05) is 79.2 Å². The number of halogens is 2. The van der Waals surface area contributed by atoms with Gasteiger partial charge in [-0.15, -0.1) is 0 Å². The molecule has 1 N–H and O–H groups in total. The number of hydrogen-bond acceptors (Lipinski definition) is 5. The second-order valence-electron chi connectivity index (χ2n) is 11.5. The molecule has 0 saturated heterocycles. The normalized spacial score (nSPS) is 14.4. The number of hydrogen-bond donors (Lipinski definition) is 1. The summed E-state index contributed by atoms with van der Waals surface area (Å²) >= 11 is 12.7. The van der Waals surface area contributed by atoms with Gasteiger partial charge in [-0.05, 0) is 80.6 Å². The van der Waals surface area contributed by atoms with E-state index in [1.165, 1.54) is 24.1 Å². The number of nitrogens with one attached hydrogen (secondary N) is 1. The van der Waals surface area contributed by atoms with Crippen molar-refractivity contribution in [2.45, 2.75) is 82.8 Å². The van der Waals surface area contributed by atoms with E-state index >= 15 is 0 Å². The molecule has 1 aliphatic carbocycles. The molecule has 2 amide bonds. The molecule has 45 heavy (non-hydrogen) atoms. The number of sulfonamides is 1. The minimum Gasteiger partial charge on any atom is -0.495 e. The number of benzene rings is 3. The molecular formula is C34H41Cl2N3O5S. The first-order valence-electron chi connectivity index (χ1n) is 15.2. The number of aryl methyl sites for hydroxylation is 2. The highest BCUT2D eigenvalue weighted by Gasteiger charge is 2.35. The Kier molecular flexibility index (Phi) is 11.8. The zero-order valence-corrected chi connectivity index (χ0v) is 28.5. The van der Waals surface area contributed by atoms with Gasteiger partial charge in [0, 0.05) is 22.6 Å². The molecule has 3 aromatic rings. The number of carbonyl (C=O) groups excluding carboxylic acids is 2. The van der Waals surface area contributed by atoms with Crippen molar-refractivity contribution in [1.82, 2.24) is 10.2 Å². The van der Waals surface area contributed by atoms with Crippen molar-refractivity contribution in [3.63, 3.8) is 0 Å². The molecule has 0 bridgehead atoms. The van der Waals surface area contributed by atoms with Crippen molar-refractivity contribution < 1.29 is 22.7 Å². The topological polar surface area (TPSA) is 96.0 Å². The van der Waals surface area contributed by atoms with Crippen LogP contribution in [0.15, 0.2) is 65.6 Å². The fourth-order valence-corrected chi connectivity index (χ4v) is 7.53. The predicted molar refractivity (Wildman–Crippen MR) is 180 cm³/mol. The molecular weight excluding hydrogens is 633 g/mol. The Bertz CT molecular complexity index is 1610. The monoisotopic (exact) mass is 673 g/mol. The number of anilines is 1. The number of rotatable bonds is 12. The largest absolute Gasteiger partial charge is 0.495 e. The highest BCUT2D eigenvalue weighted by molar-refractivity contribution is 7.92. The third-order valence-electron chi connectivity index (χ3n) is 8.18. The summed E-state index contributed by atoms with van der Waals surface area (Å²) in [5.41, 5.74) is 2.48. The van der Waals surface area contributed by atoms with Crippen LogP contribution in [-0.2, 0) is 26.2 Å². The molecule has 11 heteroatoms. The van der Waals surface area contributed by atoms with Crippen molar-refractivity contribution in [2.75, 3.05) is 18.0 Å². The van der Waals surface area contributed by atoms with Crippen LogP contribution in [0.5, 0.6) is 5.75 Å². The molecule has 242 valence electrons. The van der Waals surface area contributed by atoms with Crippen LogP contribution in [-0.4, -0.2) is 50.9 Å². The maximum Gasteiger partial charge on any atom is 0.264 e. The van der Waals surface area contributed by atoms with Crippen molar-refractivity contribution in [3.05, 3.63) is 87.4 Å². The standard InChI is InChI=1S/C34H41Cl2N3O5S/c1-5-30(34(41)37-27-9-7-6-8-10-27)38(21-25-14-15-26(35)20-29(25)36)33(40)22-39(31-19-24(3)13-18-32(31)44-4)45(42,43)28-16-11-23(2)12-17-28/h11-20,27,30H,5-10,21-22H2,1-4H3,(H,37,41)/t30-/m1/s1. The van der Waals surface area contributed by atoms with E-state index in [9.17, 15) is 18.0 Å². The molecule has 1 aliphatic rings. The van der Waals surface area contributed by atoms with Gasteiger partial charge in [-0.25, -0.2) is 8.42 Å². The number of carbonyl (C=O) groups is 2. The van der Waals surface area contributed by atoms with Crippen LogP contribution in [0.1, 0.15) is 62.1 Å². The third kappa shape index (κ3) is 8.51. The Balaban J connectivity index is 1.78. The highest BCUT2D eigenvalue weighted by atomic mass is 35.5. The average Bonchev–Trinajstić information content (AvgIpc) is 3.01. The van der Waals surface area contributed by atoms with Crippen molar-refractivity contribution >= 4 is 50.7 Å². The van der Waals surface area contributed by atoms with Gasteiger partial charge in [0.15, 0.2) is 0 Å². The van der Waals surface area contributed by atoms with Crippen LogP contribution in [0, 0.1) is 13.8 Å². The summed E-state index contributed by atoms with van der Waals surface area (Å²) in [5.74, 6) is -0.548. The van der Waals surface area contributed by atoms with E-state index in [2.05, 4.69) is 5.32 Å². The zero-order chi connectivity index (χ0) is 32.7. The van der Waals surface area contributed by atoms with E-state index in [0.717, 1.165) is 47.5 Å². The summed E-state index contributed by atoms with van der Waals surface area (Å²) < 4.78 is 35.1. The second-order valence-corrected chi connectivity index (χ2v) is 14.2. The SMILES string of the molecule is CC[C@H](C(=O)NC1CCCCC1)N(Cc1ccc(Cl)cc1Cl)C(=O)CN(c1cc(C)ccc1OC)S(=O)(=O)c1ccc(C)cc1. The van der Waals surface area contributed by atoms with Crippen molar-refractivity contribution in [3.8, 4) is 5.75 Å². The van der Waals surface area contributed by atoms with Crippen LogP contribution in [0.2, 0.25) is 10.0 Å². The van der Waals surface area contributed by atoms with E-state index in [1.54, 1.807) is 48.5 Å². The first-order valence-corrected chi connectivity index (χ1v) is 17.4. The summed E-state index contributed by atoms with van der Waals surface area (Å²) in [6.45, 7) is 4.94. The van der Waals surface area contributed by atoms with Gasteiger partial charge in [0.25, 0.3) is 10.0 Å². The first-order chi connectivity index (χ1) is 21.4. The number of methoxy groups -OCH3 is 1. The van der Waals surface area contributed by atoms with E-state index in [4.69, 9.17) is 27.9 Å². The van der Waals surface area contributed by atoms with Gasteiger partial charge >= 0.3 is 0 Å². The van der Waals surface area contributed by atoms with Gasteiger partial charge in [-0.3, -0.25) is 13.9 Å². The van der Waals surface area contributed by atoms with Crippen LogP contribution in [0.4, 0.5) is 5.69 Å². The Morgan fingerprint density at radius 2 is 1.62 bits per heavy atom. The van der Waals surface area contributed by atoms with Gasteiger partial charge in [-0.2, -0.15) is 0 Å². The lowest BCUT2D eigenvalue weighted by Gasteiger charge is -2.35. The zero-order valence-electron chi connectivity index (χ0n) is 26.2. The average molecular weight is 675 g/mol. The molecule has 0 unspecified atom stereocenters. The van der Waals surface area contributed by atoms with Gasteiger partial charge < -0.3 is 15.0 Å². The Morgan fingerprint density at radius 1 is 0.956 bits per heavy atom. The van der Waals surface area contributed by atoms with Crippen LogP contribution < -0.4 is 14.4 Å². The summed E-state index contributed by atoms with van der Waals surface area (Å²) in [6.07, 6.45) is 5.29. The van der Waals surface area contributed by atoms with Crippen molar-refractivity contribution in [1.29, 1.82) is 0 Å². The summed E-state index contributed by atoms with van der Waals surface area (Å²) in [7, 11) is -2.80. The van der Waals surface area contributed by atoms with E-state index in [0.29, 0.717) is 27.8 Å². The Morgan fingerprint density at radius 3 is 2.24 bits per heavy atom. The smallest absolute Gasteiger partial charge is 0.264 e. The minimum atomic E-state index is -4.25. The molecule has 0 radical (unpaired) electrons. The van der Waals surface area contributed by atoms with Gasteiger partial charge in [0.2, 0.25) is 11.8 Å². The lowest BCUT2D eigenvalue weighted by Crippen LogP contribution is -2.54. The molecule has 0 heterocycles. The van der Waals surface area contributed by atoms with Crippen LogP contribution in [0.25, 0.3) is 0 Å². The van der Waals surface area contributed by atoms with E-state index in [-0.39, 0.29) is 29.1 Å². The van der Waals surface area contributed by atoms with Crippen molar-refractivity contribution in [2.24, 2.45) is 0 Å². The predicted octanol–water partition coefficient (Wildman–Crippen LogP) is 7.07. The molecule has 3 aromatic carbocycles. The molecule has 1 fully saturated rings. The highest BCUT2D eigenvalue weighted by Crippen LogP contribution is 2.34.